The fraction of sp³-hybridized carbons (Fsp3) is 0.227. The van der Waals surface area contributed by atoms with E-state index in [1.807, 2.05) is 45.0 Å². The number of aryl methyl sites for hydroxylation is 1. The summed E-state index contributed by atoms with van der Waals surface area (Å²) in [7, 11) is 0. The van der Waals surface area contributed by atoms with Crippen LogP contribution >= 0.6 is 23.6 Å². The minimum Gasteiger partial charge on any atom is -0.491 e. The number of hydrogen-bond acceptors (Lipinski definition) is 7. The summed E-state index contributed by atoms with van der Waals surface area (Å²) in [6.07, 6.45) is 0.0796. The van der Waals surface area contributed by atoms with Crippen LogP contribution in [-0.2, 0) is 6.54 Å². The molecule has 0 bridgehead atoms. The summed E-state index contributed by atoms with van der Waals surface area (Å²) >= 11 is 6.75. The Hall–Kier alpha value is -3.37. The summed E-state index contributed by atoms with van der Waals surface area (Å²) in [6.45, 7) is 6.27. The third-order valence-electron chi connectivity index (χ3n) is 4.52. The molecule has 2 N–H and O–H groups in total. The summed E-state index contributed by atoms with van der Waals surface area (Å²) < 4.78 is 7.33. The summed E-state index contributed by atoms with van der Waals surface area (Å²) in [4.78, 5) is 13.2. The largest absolute Gasteiger partial charge is 0.491 e. The first-order valence-electron chi connectivity index (χ1n) is 10.0. The Morgan fingerprint density at radius 2 is 1.84 bits per heavy atom. The maximum absolute atomic E-state index is 12.4. The van der Waals surface area contributed by atoms with Crippen molar-refractivity contribution in [2.45, 2.75) is 33.4 Å². The van der Waals surface area contributed by atoms with E-state index in [1.54, 1.807) is 28.8 Å². The lowest BCUT2D eigenvalue weighted by atomic mass is 10.1. The number of ether oxygens (including phenoxy) is 1. The Morgan fingerprint density at radius 3 is 2.50 bits per heavy atom. The molecule has 32 heavy (non-hydrogen) atoms. The Bertz CT molecular complexity index is 1250. The second-order valence-corrected chi connectivity index (χ2v) is 8.74. The van der Waals surface area contributed by atoms with Gasteiger partial charge in [-0.1, -0.05) is 35.6 Å². The van der Waals surface area contributed by atoms with Crippen molar-refractivity contribution < 1.29 is 9.53 Å². The Balaban J connectivity index is 1.30. The maximum Gasteiger partial charge on any atom is 0.257 e. The van der Waals surface area contributed by atoms with Crippen molar-refractivity contribution in [3.05, 3.63) is 65.5 Å². The molecule has 164 valence electrons. The zero-order valence-electron chi connectivity index (χ0n) is 17.8. The molecule has 4 aromatic rings. The maximum atomic E-state index is 12.4. The van der Waals surface area contributed by atoms with E-state index in [0.29, 0.717) is 12.1 Å². The van der Waals surface area contributed by atoms with Gasteiger partial charge in [0.25, 0.3) is 5.91 Å². The van der Waals surface area contributed by atoms with Crippen molar-refractivity contribution in [1.82, 2.24) is 30.4 Å². The van der Waals surface area contributed by atoms with Gasteiger partial charge < -0.3 is 10.1 Å². The Kier molecular flexibility index (Phi) is 6.42. The van der Waals surface area contributed by atoms with Crippen LogP contribution in [-0.4, -0.2) is 36.9 Å². The second kappa shape index (κ2) is 9.41. The number of aromatic nitrogens is 4. The van der Waals surface area contributed by atoms with Gasteiger partial charge in [-0.15, -0.1) is 10.2 Å². The molecule has 2 aromatic heterocycles. The number of rotatable bonds is 6. The van der Waals surface area contributed by atoms with Crippen molar-refractivity contribution in [3.8, 4) is 16.3 Å². The van der Waals surface area contributed by atoms with Gasteiger partial charge in [0, 0.05) is 17.7 Å². The van der Waals surface area contributed by atoms with Crippen LogP contribution < -0.4 is 15.4 Å². The quantitative estimate of drug-likeness (QED) is 0.418. The number of carbonyl (C=O) groups is 1. The molecule has 0 fully saturated rings. The molecule has 0 aliphatic heterocycles. The first-order chi connectivity index (χ1) is 15.4. The van der Waals surface area contributed by atoms with E-state index >= 15 is 0 Å². The second-order valence-electron chi connectivity index (χ2n) is 7.37. The van der Waals surface area contributed by atoms with Crippen LogP contribution in [0.15, 0.2) is 48.5 Å². The molecule has 4 rings (SSSR count). The Labute approximate surface area is 194 Å². The third-order valence-corrected chi connectivity index (χ3v) is 5.71. The molecule has 0 saturated heterocycles. The van der Waals surface area contributed by atoms with Crippen LogP contribution in [0.5, 0.6) is 5.75 Å². The van der Waals surface area contributed by atoms with Gasteiger partial charge in [0.05, 0.1) is 6.10 Å². The number of fused-ring (bicyclic) bond motifs is 1. The molecule has 0 unspecified atom stereocenters. The van der Waals surface area contributed by atoms with E-state index < -0.39 is 0 Å². The number of hydrogen-bond donors (Lipinski definition) is 2. The van der Waals surface area contributed by atoms with Crippen molar-refractivity contribution in [1.29, 1.82) is 0 Å². The molecular formula is C22H22N6O2S2. The van der Waals surface area contributed by atoms with E-state index in [9.17, 15) is 4.79 Å². The minimum atomic E-state index is -0.271. The van der Waals surface area contributed by atoms with Gasteiger partial charge in [-0.05, 0) is 62.8 Å². The van der Waals surface area contributed by atoms with Crippen LogP contribution in [0.2, 0.25) is 0 Å². The van der Waals surface area contributed by atoms with Crippen molar-refractivity contribution in [2.24, 2.45) is 0 Å². The highest BCUT2D eigenvalue weighted by Crippen LogP contribution is 2.25. The van der Waals surface area contributed by atoms with Gasteiger partial charge in [0.2, 0.25) is 4.96 Å². The van der Waals surface area contributed by atoms with Crippen LogP contribution in [0, 0.1) is 6.92 Å². The van der Waals surface area contributed by atoms with Gasteiger partial charge in [0.1, 0.15) is 10.8 Å². The standard InChI is InChI=1S/C22H22N6O2S2/c1-13(2)30-18-10-8-16(9-11-18)19(29)24-21(31)23-12-15-4-6-17(7-5-15)20-27-28-14(3)25-26-22(28)32-20/h4-11,13H,12H2,1-3H3,(H2,23,24,29,31). The molecule has 0 saturated carbocycles. The van der Waals surface area contributed by atoms with E-state index in [-0.39, 0.29) is 17.1 Å². The molecule has 0 atom stereocenters. The number of thiocarbonyl (C=S) groups is 1. The van der Waals surface area contributed by atoms with Crippen molar-refractivity contribution in [3.63, 3.8) is 0 Å². The summed E-state index contributed by atoms with van der Waals surface area (Å²) in [6, 6.07) is 14.9. The van der Waals surface area contributed by atoms with Crippen LogP contribution in [0.4, 0.5) is 0 Å². The average molecular weight is 467 g/mol. The van der Waals surface area contributed by atoms with Gasteiger partial charge in [-0.25, -0.2) is 0 Å². The lowest BCUT2D eigenvalue weighted by Gasteiger charge is -2.11. The molecule has 10 heteroatoms. The predicted octanol–water partition coefficient (Wildman–Crippen LogP) is 3.75. The normalized spacial score (nSPS) is 11.0. The highest BCUT2D eigenvalue weighted by molar-refractivity contribution is 7.80. The molecule has 0 aliphatic carbocycles. The average Bonchev–Trinajstić information content (AvgIpc) is 3.35. The van der Waals surface area contributed by atoms with Gasteiger partial charge >= 0.3 is 0 Å². The van der Waals surface area contributed by atoms with E-state index in [0.717, 1.165) is 32.7 Å². The van der Waals surface area contributed by atoms with Crippen LogP contribution in [0.25, 0.3) is 15.5 Å². The van der Waals surface area contributed by atoms with Crippen molar-refractivity contribution in [2.75, 3.05) is 0 Å². The van der Waals surface area contributed by atoms with Crippen molar-refractivity contribution >= 4 is 39.5 Å². The molecule has 8 nitrogen and oxygen atoms in total. The van der Waals surface area contributed by atoms with E-state index in [1.165, 1.54) is 11.3 Å². The van der Waals surface area contributed by atoms with E-state index in [2.05, 4.69) is 25.9 Å². The summed E-state index contributed by atoms with van der Waals surface area (Å²) in [5, 5.41) is 19.6. The monoisotopic (exact) mass is 466 g/mol. The van der Waals surface area contributed by atoms with Crippen LogP contribution in [0.1, 0.15) is 35.6 Å². The lowest BCUT2D eigenvalue weighted by Crippen LogP contribution is -2.38. The highest BCUT2D eigenvalue weighted by Gasteiger charge is 2.11. The number of amides is 1. The first kappa shape index (κ1) is 21.8. The molecular weight excluding hydrogens is 444 g/mol. The molecule has 0 aliphatic rings. The number of nitrogens with one attached hydrogen (secondary N) is 2. The smallest absolute Gasteiger partial charge is 0.257 e. The fourth-order valence-corrected chi connectivity index (χ4v) is 4.01. The SMILES string of the molecule is Cc1nnc2sc(-c3ccc(CNC(=S)NC(=O)c4ccc(OC(C)C)cc4)cc3)nn12. The summed E-state index contributed by atoms with van der Waals surface area (Å²) in [5.74, 6) is 1.21. The Morgan fingerprint density at radius 1 is 1.12 bits per heavy atom. The molecule has 1 amide bonds. The molecule has 0 spiro atoms. The third kappa shape index (κ3) is 5.09. The minimum absolute atomic E-state index is 0.0796. The van der Waals surface area contributed by atoms with Crippen LogP contribution in [0.3, 0.4) is 0 Å². The number of benzene rings is 2. The molecule has 0 radical (unpaired) electrons. The lowest BCUT2D eigenvalue weighted by molar-refractivity contribution is 0.0976. The first-order valence-corrected chi connectivity index (χ1v) is 11.3. The zero-order valence-corrected chi connectivity index (χ0v) is 19.5. The number of carbonyl (C=O) groups excluding carboxylic acids is 1. The molecule has 2 aromatic carbocycles. The van der Waals surface area contributed by atoms with Gasteiger partial charge in [0.15, 0.2) is 10.9 Å². The molecule has 2 heterocycles. The van der Waals surface area contributed by atoms with E-state index in [4.69, 9.17) is 17.0 Å². The zero-order chi connectivity index (χ0) is 22.7. The predicted molar refractivity (Wildman–Crippen MR) is 128 cm³/mol. The highest BCUT2D eigenvalue weighted by atomic mass is 32.1. The number of nitrogens with zero attached hydrogens (tertiary/aromatic N) is 4. The summed E-state index contributed by atoms with van der Waals surface area (Å²) in [5.41, 5.74) is 2.54. The van der Waals surface area contributed by atoms with Gasteiger partial charge in [-0.3, -0.25) is 10.1 Å². The van der Waals surface area contributed by atoms with Gasteiger partial charge in [-0.2, -0.15) is 9.61 Å². The topological polar surface area (TPSA) is 93.4 Å². The fourth-order valence-electron chi connectivity index (χ4n) is 2.96.